The number of likely N-dealkylation sites (tertiary alicyclic amines) is 1. The van der Waals surface area contributed by atoms with Gasteiger partial charge in [0.05, 0.1) is 0 Å². The van der Waals surface area contributed by atoms with Gasteiger partial charge in [-0.3, -0.25) is 4.90 Å². The highest BCUT2D eigenvalue weighted by Gasteiger charge is 2.47. The highest BCUT2D eigenvalue weighted by molar-refractivity contribution is 5.67. The van der Waals surface area contributed by atoms with Crippen molar-refractivity contribution in [1.82, 2.24) is 14.7 Å². The number of halogens is 3. The number of rotatable bonds is 4. The number of amides is 2. The molecule has 0 radical (unpaired) electrons. The zero-order valence-electron chi connectivity index (χ0n) is 16.6. The fraction of sp³-hybridized carbons (Fsp3) is 0.600. The van der Waals surface area contributed by atoms with E-state index in [4.69, 9.17) is 9.84 Å². The molecule has 1 atom stereocenters. The van der Waals surface area contributed by atoms with Gasteiger partial charge in [0.15, 0.2) is 0 Å². The van der Waals surface area contributed by atoms with Crippen molar-refractivity contribution in [2.45, 2.75) is 31.7 Å². The summed E-state index contributed by atoms with van der Waals surface area (Å²) in [5.74, 6) is 0.0180. The van der Waals surface area contributed by atoms with Gasteiger partial charge in [-0.15, -0.1) is 0 Å². The highest BCUT2D eigenvalue weighted by atomic mass is 19.4. The van der Waals surface area contributed by atoms with Crippen LogP contribution in [0.3, 0.4) is 0 Å². The van der Waals surface area contributed by atoms with Gasteiger partial charge in [-0.2, -0.15) is 13.2 Å². The SMILES string of the molecule is O=C(O)N1CCN(CC2CCN(C(=O)OCc3ccccc3)CC2)C(C(F)(F)F)C1. The average Bonchev–Trinajstić information content (AvgIpc) is 2.72. The summed E-state index contributed by atoms with van der Waals surface area (Å²) in [5, 5.41) is 9.02. The lowest BCUT2D eigenvalue weighted by Gasteiger charge is -2.43. The van der Waals surface area contributed by atoms with Gasteiger partial charge >= 0.3 is 18.4 Å². The van der Waals surface area contributed by atoms with Crippen LogP contribution in [0.5, 0.6) is 0 Å². The molecule has 30 heavy (non-hydrogen) atoms. The van der Waals surface area contributed by atoms with Crippen LogP contribution in [0.2, 0.25) is 0 Å². The van der Waals surface area contributed by atoms with Gasteiger partial charge in [0, 0.05) is 39.3 Å². The van der Waals surface area contributed by atoms with Gasteiger partial charge < -0.3 is 19.6 Å². The first-order valence-electron chi connectivity index (χ1n) is 9.98. The van der Waals surface area contributed by atoms with Crippen LogP contribution in [-0.4, -0.2) is 83.5 Å². The summed E-state index contributed by atoms with van der Waals surface area (Å²) < 4.78 is 45.6. The molecule has 0 bridgehead atoms. The van der Waals surface area contributed by atoms with Crippen molar-refractivity contribution in [1.29, 1.82) is 0 Å². The molecule has 1 N–H and O–H groups in total. The third-order valence-electron chi connectivity index (χ3n) is 5.71. The number of carbonyl (C=O) groups is 2. The molecule has 1 aromatic carbocycles. The lowest BCUT2D eigenvalue weighted by molar-refractivity contribution is -0.196. The van der Waals surface area contributed by atoms with Crippen LogP contribution < -0.4 is 0 Å². The van der Waals surface area contributed by atoms with Crippen LogP contribution in [0.4, 0.5) is 22.8 Å². The molecule has 2 aliphatic rings. The van der Waals surface area contributed by atoms with Crippen LogP contribution in [-0.2, 0) is 11.3 Å². The number of piperidine rings is 1. The molecule has 1 unspecified atom stereocenters. The molecule has 2 aliphatic heterocycles. The van der Waals surface area contributed by atoms with E-state index in [1.54, 1.807) is 4.90 Å². The number of hydrogen-bond donors (Lipinski definition) is 1. The van der Waals surface area contributed by atoms with Crippen molar-refractivity contribution >= 4 is 12.2 Å². The van der Waals surface area contributed by atoms with Gasteiger partial charge in [-0.05, 0) is 24.3 Å². The Kier molecular flexibility index (Phi) is 7.06. The third-order valence-corrected chi connectivity index (χ3v) is 5.71. The molecule has 2 heterocycles. The fourth-order valence-electron chi connectivity index (χ4n) is 3.96. The number of nitrogens with zero attached hydrogens (tertiary/aromatic N) is 3. The summed E-state index contributed by atoms with van der Waals surface area (Å²) in [7, 11) is 0. The Balaban J connectivity index is 1.47. The van der Waals surface area contributed by atoms with Gasteiger partial charge in [-0.1, -0.05) is 30.3 Å². The molecule has 0 aromatic heterocycles. The van der Waals surface area contributed by atoms with Gasteiger partial charge in [0.25, 0.3) is 0 Å². The predicted octanol–water partition coefficient (Wildman–Crippen LogP) is 3.26. The van der Waals surface area contributed by atoms with Crippen molar-refractivity contribution in [2.75, 3.05) is 39.3 Å². The summed E-state index contributed by atoms with van der Waals surface area (Å²) >= 11 is 0. The zero-order chi connectivity index (χ0) is 21.7. The zero-order valence-corrected chi connectivity index (χ0v) is 16.6. The van der Waals surface area contributed by atoms with E-state index in [0.29, 0.717) is 25.9 Å². The maximum absolute atomic E-state index is 13.4. The van der Waals surface area contributed by atoms with Gasteiger partial charge in [0.1, 0.15) is 12.6 Å². The second-order valence-electron chi connectivity index (χ2n) is 7.75. The lowest BCUT2D eigenvalue weighted by Crippen LogP contribution is -2.61. The summed E-state index contributed by atoms with van der Waals surface area (Å²) in [6.45, 7) is 0.839. The van der Waals surface area contributed by atoms with Crippen molar-refractivity contribution in [3.63, 3.8) is 0 Å². The maximum Gasteiger partial charge on any atom is 0.410 e. The monoisotopic (exact) mass is 429 g/mol. The molecule has 166 valence electrons. The normalized spacial score (nSPS) is 21.5. The molecule has 7 nitrogen and oxygen atoms in total. The topological polar surface area (TPSA) is 73.3 Å². The van der Waals surface area contributed by atoms with Crippen LogP contribution in [0, 0.1) is 5.92 Å². The Bertz CT molecular complexity index is 724. The first-order chi connectivity index (χ1) is 14.2. The van der Waals surface area contributed by atoms with Crippen molar-refractivity contribution in [3.8, 4) is 0 Å². The van der Waals surface area contributed by atoms with E-state index < -0.39 is 30.9 Å². The molecule has 0 spiro atoms. The Labute approximate surface area is 173 Å². The van der Waals surface area contributed by atoms with Gasteiger partial charge in [-0.25, -0.2) is 9.59 Å². The number of alkyl halides is 3. The predicted molar refractivity (Wildman–Crippen MR) is 102 cm³/mol. The summed E-state index contributed by atoms with van der Waals surface area (Å²) in [6, 6.07) is 7.52. The molecular weight excluding hydrogens is 403 g/mol. The minimum Gasteiger partial charge on any atom is -0.465 e. The van der Waals surface area contributed by atoms with E-state index in [-0.39, 0.29) is 32.2 Å². The quantitative estimate of drug-likeness (QED) is 0.796. The number of piperazine rings is 1. The first kappa shape index (κ1) is 22.2. The Hall–Kier alpha value is -2.49. The average molecular weight is 429 g/mol. The number of carboxylic acid groups (broad SMARTS) is 1. The van der Waals surface area contributed by atoms with E-state index in [1.165, 1.54) is 4.90 Å². The number of carbonyl (C=O) groups excluding carboxylic acids is 1. The van der Waals surface area contributed by atoms with E-state index in [1.807, 2.05) is 30.3 Å². The van der Waals surface area contributed by atoms with Gasteiger partial charge in [0.2, 0.25) is 0 Å². The Morgan fingerprint density at radius 2 is 1.70 bits per heavy atom. The standard InChI is InChI=1S/C20H26F3N3O4/c21-20(22,23)17-13-26(18(27)28)11-10-25(17)12-15-6-8-24(9-7-15)19(29)30-14-16-4-2-1-3-5-16/h1-5,15,17H,6-14H2,(H,27,28). The molecule has 2 amide bonds. The summed E-state index contributed by atoms with van der Waals surface area (Å²) in [5.41, 5.74) is 0.888. The minimum absolute atomic E-state index is 0.0180. The van der Waals surface area contributed by atoms with E-state index in [9.17, 15) is 22.8 Å². The lowest BCUT2D eigenvalue weighted by atomic mass is 9.95. The fourth-order valence-corrected chi connectivity index (χ4v) is 3.96. The van der Waals surface area contributed by atoms with E-state index in [0.717, 1.165) is 10.5 Å². The second kappa shape index (κ2) is 9.55. The highest BCUT2D eigenvalue weighted by Crippen LogP contribution is 2.30. The van der Waals surface area contributed by atoms with E-state index >= 15 is 0 Å². The van der Waals surface area contributed by atoms with Crippen molar-refractivity contribution in [3.05, 3.63) is 35.9 Å². The number of benzene rings is 1. The minimum atomic E-state index is -4.49. The summed E-state index contributed by atoms with van der Waals surface area (Å²) in [6.07, 6.45) is -5.06. The molecule has 3 rings (SSSR count). The van der Waals surface area contributed by atoms with Crippen LogP contribution in [0.25, 0.3) is 0 Å². The molecule has 0 aliphatic carbocycles. The molecule has 10 heteroatoms. The first-order valence-corrected chi connectivity index (χ1v) is 9.98. The molecule has 0 saturated carbocycles. The molecule has 1 aromatic rings. The second-order valence-corrected chi connectivity index (χ2v) is 7.75. The number of ether oxygens (including phenoxy) is 1. The van der Waals surface area contributed by atoms with E-state index in [2.05, 4.69) is 0 Å². The smallest absolute Gasteiger partial charge is 0.410 e. The Morgan fingerprint density at radius 3 is 2.30 bits per heavy atom. The van der Waals surface area contributed by atoms with Crippen LogP contribution in [0.15, 0.2) is 30.3 Å². The molecule has 2 saturated heterocycles. The van der Waals surface area contributed by atoms with Crippen molar-refractivity contribution in [2.24, 2.45) is 5.92 Å². The van der Waals surface area contributed by atoms with Crippen LogP contribution >= 0.6 is 0 Å². The Morgan fingerprint density at radius 1 is 1.03 bits per heavy atom. The number of hydrogen-bond acceptors (Lipinski definition) is 4. The van der Waals surface area contributed by atoms with Crippen molar-refractivity contribution < 1.29 is 32.6 Å². The summed E-state index contributed by atoms with van der Waals surface area (Å²) in [4.78, 5) is 27.0. The van der Waals surface area contributed by atoms with Crippen LogP contribution in [0.1, 0.15) is 18.4 Å². The maximum atomic E-state index is 13.4. The third kappa shape index (κ3) is 5.78. The molecular formula is C20H26F3N3O4. The largest absolute Gasteiger partial charge is 0.465 e. The molecule has 2 fully saturated rings.